The Morgan fingerprint density at radius 2 is 2.03 bits per heavy atom. The Kier molecular flexibility index (Phi) is 5.70. The number of oxime groups is 1. The summed E-state index contributed by atoms with van der Waals surface area (Å²) in [6.45, 7) is 2.66. The van der Waals surface area contributed by atoms with Crippen molar-refractivity contribution >= 4 is 23.3 Å². The molecule has 1 N–H and O–H groups in total. The fraction of sp³-hybridized carbons (Fsp3) is 0.333. The maximum absolute atomic E-state index is 14.5. The number of aromatic nitrogens is 2. The number of halogens is 5. The van der Waals surface area contributed by atoms with Gasteiger partial charge in [0.15, 0.2) is 5.60 Å². The van der Waals surface area contributed by atoms with Crippen LogP contribution in [0, 0.1) is 5.82 Å². The highest BCUT2D eigenvalue weighted by atomic mass is 35.5. The van der Waals surface area contributed by atoms with Crippen LogP contribution in [-0.4, -0.2) is 33.4 Å². The average Bonchev–Trinajstić information content (AvgIpc) is 3.03. The van der Waals surface area contributed by atoms with Gasteiger partial charge in [-0.3, -0.25) is 9.59 Å². The van der Waals surface area contributed by atoms with Crippen LogP contribution in [0.15, 0.2) is 32.9 Å². The van der Waals surface area contributed by atoms with Crippen molar-refractivity contribution in [3.05, 3.63) is 61.1 Å². The third-order valence-corrected chi connectivity index (χ3v) is 4.64. The van der Waals surface area contributed by atoms with Gasteiger partial charge in [0, 0.05) is 25.0 Å². The first-order valence-electron chi connectivity index (χ1n) is 8.62. The molecule has 31 heavy (non-hydrogen) atoms. The Balaban J connectivity index is 2.04. The lowest BCUT2D eigenvalue weighted by molar-refractivity contribution is -0.150. The molecular formula is C18H14ClF4N3O5. The predicted octanol–water partition coefficient (Wildman–Crippen LogP) is 2.78. The van der Waals surface area contributed by atoms with Crippen LogP contribution in [0.1, 0.15) is 31.5 Å². The van der Waals surface area contributed by atoms with Gasteiger partial charge in [0.2, 0.25) is 0 Å². The first-order chi connectivity index (χ1) is 14.3. The average molecular weight is 464 g/mol. The lowest BCUT2D eigenvalue weighted by Gasteiger charge is -2.20. The number of carbonyl (C=O) groups excluding carboxylic acids is 1. The molecule has 3 rings (SSSR count). The molecule has 1 aliphatic rings. The van der Waals surface area contributed by atoms with Crippen LogP contribution in [0.4, 0.5) is 17.6 Å². The lowest BCUT2D eigenvalue weighted by atomic mass is 9.96. The molecule has 2 heterocycles. The Hall–Kier alpha value is -3.15. The molecular weight excluding hydrogens is 450 g/mol. The molecule has 166 valence electrons. The third kappa shape index (κ3) is 4.63. The Morgan fingerprint density at radius 1 is 1.35 bits per heavy atom. The number of aromatic amines is 1. The maximum Gasteiger partial charge on any atom is 0.431 e. The van der Waals surface area contributed by atoms with Crippen molar-refractivity contribution < 1.29 is 31.9 Å². The molecule has 0 spiro atoms. The molecule has 0 saturated carbocycles. The number of hydrogen-bond acceptors (Lipinski definition) is 6. The van der Waals surface area contributed by atoms with E-state index in [0.717, 1.165) is 12.1 Å². The van der Waals surface area contributed by atoms with Crippen molar-refractivity contribution in [2.45, 2.75) is 32.0 Å². The van der Waals surface area contributed by atoms with Crippen molar-refractivity contribution in [3.63, 3.8) is 0 Å². The van der Waals surface area contributed by atoms with Gasteiger partial charge >= 0.3 is 17.8 Å². The molecule has 1 aromatic carbocycles. The van der Waals surface area contributed by atoms with Crippen molar-refractivity contribution in [2.75, 3.05) is 6.61 Å². The molecule has 2 aromatic rings. The first kappa shape index (κ1) is 22.5. The zero-order valence-corrected chi connectivity index (χ0v) is 16.7. The summed E-state index contributed by atoms with van der Waals surface area (Å²) in [4.78, 5) is 42.1. The molecule has 8 nitrogen and oxygen atoms in total. The van der Waals surface area contributed by atoms with Crippen LogP contribution in [0.3, 0.4) is 0 Å². The molecule has 1 aliphatic heterocycles. The van der Waals surface area contributed by atoms with Gasteiger partial charge in [-0.05, 0) is 19.1 Å². The summed E-state index contributed by atoms with van der Waals surface area (Å²) in [5.74, 6) is -1.66. The van der Waals surface area contributed by atoms with Crippen LogP contribution in [0.5, 0.6) is 0 Å². The van der Waals surface area contributed by atoms with Crippen molar-refractivity contribution in [1.29, 1.82) is 0 Å². The number of esters is 1. The standard InChI is InChI=1S/C18H14ClF4N3O5/c1-8(27)30-7-17(2)6-12(25-31-17)9-3-13(11(20)4-10(9)19)26-15(28)5-14(18(21,22)23)24-16(26)29/h3-5H,6-7H2,1-2H3,(H,24,29). The lowest BCUT2D eigenvalue weighted by Crippen LogP contribution is -2.36. The number of benzene rings is 1. The van der Waals surface area contributed by atoms with Gasteiger partial charge in [-0.1, -0.05) is 16.8 Å². The van der Waals surface area contributed by atoms with Gasteiger partial charge in [-0.25, -0.2) is 13.8 Å². The Labute approximate surface area is 176 Å². The van der Waals surface area contributed by atoms with Gasteiger partial charge in [0.05, 0.1) is 16.4 Å². The van der Waals surface area contributed by atoms with E-state index in [1.54, 1.807) is 6.92 Å². The normalized spacial score (nSPS) is 18.5. The number of hydrogen-bond donors (Lipinski definition) is 1. The van der Waals surface area contributed by atoms with Crippen LogP contribution in [0.25, 0.3) is 5.69 Å². The van der Waals surface area contributed by atoms with Crippen LogP contribution in [0.2, 0.25) is 5.02 Å². The van der Waals surface area contributed by atoms with E-state index in [2.05, 4.69) is 5.16 Å². The smallest absolute Gasteiger partial charge is 0.431 e. The number of H-pyrrole nitrogens is 1. The summed E-state index contributed by atoms with van der Waals surface area (Å²) >= 11 is 6.07. The highest BCUT2D eigenvalue weighted by Crippen LogP contribution is 2.32. The van der Waals surface area contributed by atoms with E-state index in [1.165, 1.54) is 11.9 Å². The van der Waals surface area contributed by atoms with E-state index in [-0.39, 0.29) is 40.0 Å². The van der Waals surface area contributed by atoms with Gasteiger partial charge < -0.3 is 14.6 Å². The van der Waals surface area contributed by atoms with E-state index in [0.29, 0.717) is 0 Å². The highest BCUT2D eigenvalue weighted by molar-refractivity contribution is 6.34. The van der Waals surface area contributed by atoms with Crippen molar-refractivity contribution in [1.82, 2.24) is 9.55 Å². The summed E-state index contributed by atoms with van der Waals surface area (Å²) in [6.07, 6.45) is -4.90. The highest BCUT2D eigenvalue weighted by Gasteiger charge is 2.37. The number of nitrogens with zero attached hydrogens (tertiary/aromatic N) is 2. The minimum absolute atomic E-state index is 0.0728. The predicted molar refractivity (Wildman–Crippen MR) is 99.9 cm³/mol. The summed E-state index contributed by atoms with van der Waals surface area (Å²) in [7, 11) is 0. The van der Waals surface area contributed by atoms with E-state index in [9.17, 15) is 31.9 Å². The number of ether oxygens (including phenoxy) is 1. The molecule has 0 bridgehead atoms. The number of carbonyl (C=O) groups is 1. The zero-order chi connectivity index (χ0) is 23.1. The van der Waals surface area contributed by atoms with Gasteiger partial charge in [0.25, 0.3) is 5.56 Å². The van der Waals surface area contributed by atoms with Crippen molar-refractivity contribution in [3.8, 4) is 5.69 Å². The minimum atomic E-state index is -4.97. The SMILES string of the molecule is CC(=O)OCC1(C)CC(c2cc(-n3c(=O)cc(C(F)(F)F)[nH]c3=O)c(F)cc2Cl)=NO1. The summed E-state index contributed by atoms with van der Waals surface area (Å²) in [5.41, 5.74) is -5.85. The number of alkyl halides is 3. The zero-order valence-electron chi connectivity index (χ0n) is 16.0. The molecule has 0 aliphatic carbocycles. The minimum Gasteiger partial charge on any atom is -0.461 e. The van der Waals surface area contributed by atoms with E-state index in [4.69, 9.17) is 21.2 Å². The molecule has 13 heteroatoms. The third-order valence-electron chi connectivity index (χ3n) is 4.32. The Bertz CT molecular complexity index is 1170. The van der Waals surface area contributed by atoms with Crippen LogP contribution < -0.4 is 11.2 Å². The second-order valence-corrected chi connectivity index (χ2v) is 7.39. The molecule has 0 saturated heterocycles. The van der Waals surface area contributed by atoms with Gasteiger partial charge in [0.1, 0.15) is 18.1 Å². The molecule has 0 fully saturated rings. The van der Waals surface area contributed by atoms with E-state index < -0.39 is 46.2 Å². The van der Waals surface area contributed by atoms with Gasteiger partial charge in [-0.2, -0.15) is 13.2 Å². The fourth-order valence-corrected chi connectivity index (χ4v) is 3.13. The van der Waals surface area contributed by atoms with E-state index >= 15 is 0 Å². The molecule has 1 atom stereocenters. The second-order valence-electron chi connectivity index (χ2n) is 6.98. The maximum atomic E-state index is 14.5. The van der Waals surface area contributed by atoms with Crippen LogP contribution in [-0.2, 0) is 20.5 Å². The quantitative estimate of drug-likeness (QED) is 0.555. The molecule has 1 aromatic heterocycles. The van der Waals surface area contributed by atoms with Crippen molar-refractivity contribution in [2.24, 2.45) is 5.16 Å². The largest absolute Gasteiger partial charge is 0.461 e. The summed E-state index contributed by atoms with van der Waals surface area (Å²) in [5, 5.41) is 3.71. The fourth-order valence-electron chi connectivity index (χ4n) is 2.87. The summed E-state index contributed by atoms with van der Waals surface area (Å²) < 4.78 is 58.0. The summed E-state index contributed by atoms with van der Waals surface area (Å²) in [6, 6.07) is 1.93. The first-order valence-corrected chi connectivity index (χ1v) is 9.00. The second kappa shape index (κ2) is 7.84. The number of nitrogens with one attached hydrogen (secondary N) is 1. The topological polar surface area (TPSA) is 103 Å². The monoisotopic (exact) mass is 463 g/mol. The molecule has 1 unspecified atom stereocenters. The molecule has 0 amide bonds. The van der Waals surface area contributed by atoms with E-state index in [1.807, 2.05) is 0 Å². The van der Waals surface area contributed by atoms with Crippen LogP contribution >= 0.6 is 11.6 Å². The van der Waals surface area contributed by atoms with Gasteiger partial charge in [-0.15, -0.1) is 0 Å². The number of rotatable bonds is 4. The molecule has 0 radical (unpaired) electrons. The Morgan fingerprint density at radius 3 is 2.61 bits per heavy atom.